The Morgan fingerprint density at radius 2 is 1.97 bits per heavy atom. The van der Waals surface area contributed by atoms with E-state index in [4.69, 9.17) is 19.7 Å². The Labute approximate surface area is 184 Å². The maximum Gasteiger partial charge on any atom is 0.362 e. The molecule has 0 amide bonds. The van der Waals surface area contributed by atoms with Crippen molar-refractivity contribution in [2.24, 2.45) is 0 Å². The van der Waals surface area contributed by atoms with Crippen LogP contribution in [0.4, 0.5) is 5.69 Å². The molecule has 0 saturated heterocycles. The first kappa shape index (κ1) is 22.4. The highest BCUT2D eigenvalue weighted by Crippen LogP contribution is 2.30. The minimum absolute atomic E-state index is 0.0383. The molecule has 0 atom stereocenters. The van der Waals surface area contributed by atoms with Crippen molar-refractivity contribution in [3.05, 3.63) is 65.4 Å². The molecule has 0 unspecified atom stereocenters. The van der Waals surface area contributed by atoms with Crippen LogP contribution in [0.3, 0.4) is 0 Å². The van der Waals surface area contributed by atoms with E-state index < -0.39 is 11.9 Å². The van der Waals surface area contributed by atoms with Gasteiger partial charge in [-0.1, -0.05) is 35.5 Å². The highest BCUT2D eigenvalue weighted by atomic mass is 16.5. The summed E-state index contributed by atoms with van der Waals surface area (Å²) in [5.41, 5.74) is 7.45. The van der Waals surface area contributed by atoms with Crippen LogP contribution in [-0.2, 0) is 9.47 Å². The molecule has 3 N–H and O–H groups in total. The predicted octanol–water partition coefficient (Wildman–Crippen LogP) is 3.68. The lowest BCUT2D eigenvalue weighted by Crippen LogP contribution is -2.07. The molecule has 0 bridgehead atoms. The van der Waals surface area contributed by atoms with Crippen molar-refractivity contribution in [1.29, 1.82) is 0 Å². The van der Waals surface area contributed by atoms with Crippen LogP contribution in [0.2, 0.25) is 0 Å². The van der Waals surface area contributed by atoms with Crippen LogP contribution in [0.5, 0.6) is 11.5 Å². The molecular weight excluding hydrogens is 416 g/mol. The Bertz CT molecular complexity index is 1150. The molecule has 3 rings (SSSR count). The second-order valence-electron chi connectivity index (χ2n) is 6.48. The van der Waals surface area contributed by atoms with Gasteiger partial charge in [0.05, 0.1) is 13.7 Å². The van der Waals surface area contributed by atoms with Crippen LogP contribution >= 0.6 is 0 Å². The number of benzene rings is 2. The van der Waals surface area contributed by atoms with Crippen LogP contribution < -0.4 is 10.5 Å². The average molecular weight is 438 g/mol. The van der Waals surface area contributed by atoms with E-state index in [9.17, 15) is 14.7 Å². The van der Waals surface area contributed by atoms with Gasteiger partial charge in [0.15, 0.2) is 5.76 Å². The summed E-state index contributed by atoms with van der Waals surface area (Å²) >= 11 is 0. The number of rotatable bonds is 8. The third-order valence-electron chi connectivity index (χ3n) is 4.38. The van der Waals surface area contributed by atoms with Gasteiger partial charge in [-0.2, -0.15) is 0 Å². The first-order valence-electron chi connectivity index (χ1n) is 9.68. The van der Waals surface area contributed by atoms with Gasteiger partial charge in [0.1, 0.15) is 29.4 Å². The number of phenols is 1. The van der Waals surface area contributed by atoms with E-state index in [1.54, 1.807) is 49.4 Å². The Morgan fingerprint density at radius 3 is 2.72 bits per heavy atom. The van der Waals surface area contributed by atoms with Gasteiger partial charge in [-0.05, 0) is 36.8 Å². The molecule has 0 fully saturated rings. The number of nitrogens with two attached hydrogens (primary N) is 1. The summed E-state index contributed by atoms with van der Waals surface area (Å²) < 4.78 is 20.4. The highest BCUT2D eigenvalue weighted by molar-refractivity contribution is 5.96. The van der Waals surface area contributed by atoms with Gasteiger partial charge in [0.2, 0.25) is 5.69 Å². The molecule has 0 saturated carbocycles. The number of carbonyl (C=O) groups is 2. The molecule has 0 aliphatic heterocycles. The van der Waals surface area contributed by atoms with E-state index in [2.05, 4.69) is 9.89 Å². The quantitative estimate of drug-likeness (QED) is 0.505. The van der Waals surface area contributed by atoms with E-state index in [0.717, 1.165) is 5.56 Å². The zero-order valence-corrected chi connectivity index (χ0v) is 17.5. The number of hydrogen-bond donors (Lipinski definition) is 2. The van der Waals surface area contributed by atoms with Gasteiger partial charge in [-0.25, -0.2) is 9.59 Å². The van der Waals surface area contributed by atoms with Crippen molar-refractivity contribution < 1.29 is 33.4 Å². The number of aromatic hydroxyl groups is 1. The van der Waals surface area contributed by atoms with Crippen molar-refractivity contribution in [3.63, 3.8) is 0 Å². The summed E-state index contributed by atoms with van der Waals surface area (Å²) in [6.45, 7) is 2.02. The van der Waals surface area contributed by atoms with Gasteiger partial charge in [-0.3, -0.25) is 0 Å². The van der Waals surface area contributed by atoms with Crippen molar-refractivity contribution in [2.45, 2.75) is 6.92 Å². The lowest BCUT2D eigenvalue weighted by atomic mass is 10.1. The molecule has 3 aromatic rings. The molecule has 32 heavy (non-hydrogen) atoms. The monoisotopic (exact) mass is 438 g/mol. The van der Waals surface area contributed by atoms with E-state index in [1.165, 1.54) is 13.2 Å². The van der Waals surface area contributed by atoms with Crippen LogP contribution in [0.1, 0.15) is 33.3 Å². The van der Waals surface area contributed by atoms with E-state index in [-0.39, 0.29) is 47.4 Å². The largest absolute Gasteiger partial charge is 0.507 e. The normalized spacial score (nSPS) is 10.8. The number of nitrogen functional groups attached to an aromatic ring is 1. The number of phenolic OH excluding ortho intramolecular Hbond substituents is 1. The zero-order valence-electron chi connectivity index (χ0n) is 17.5. The van der Waals surface area contributed by atoms with Crippen LogP contribution in [0.25, 0.3) is 17.4 Å². The first-order valence-corrected chi connectivity index (χ1v) is 9.68. The number of ether oxygens (including phenoxy) is 3. The predicted molar refractivity (Wildman–Crippen MR) is 116 cm³/mol. The fraction of sp³-hybridized carbons (Fsp3) is 0.174. The first-order chi connectivity index (χ1) is 15.5. The van der Waals surface area contributed by atoms with Crippen LogP contribution in [0.15, 0.2) is 53.1 Å². The van der Waals surface area contributed by atoms with Crippen molar-refractivity contribution >= 4 is 23.7 Å². The fourth-order valence-corrected chi connectivity index (χ4v) is 2.90. The molecule has 9 heteroatoms. The van der Waals surface area contributed by atoms with Gasteiger partial charge in [0.25, 0.3) is 0 Å². The number of methoxy groups -OCH3 is 1. The minimum Gasteiger partial charge on any atom is -0.507 e. The lowest BCUT2D eigenvalue weighted by molar-refractivity contribution is 0.0514. The average Bonchev–Trinajstić information content (AvgIpc) is 3.18. The van der Waals surface area contributed by atoms with Gasteiger partial charge in [-0.15, -0.1) is 0 Å². The highest BCUT2D eigenvalue weighted by Gasteiger charge is 2.22. The molecule has 1 aromatic heterocycles. The van der Waals surface area contributed by atoms with Crippen LogP contribution in [0, 0.1) is 0 Å². The van der Waals surface area contributed by atoms with Crippen molar-refractivity contribution in [2.75, 3.05) is 26.1 Å². The van der Waals surface area contributed by atoms with Crippen molar-refractivity contribution in [1.82, 2.24) is 5.16 Å². The topological polar surface area (TPSA) is 134 Å². The summed E-state index contributed by atoms with van der Waals surface area (Å²) in [6.07, 6.45) is 3.53. The Balaban J connectivity index is 1.72. The second kappa shape index (κ2) is 10.2. The molecule has 9 nitrogen and oxygen atoms in total. The molecule has 0 radical (unpaired) electrons. The Kier molecular flexibility index (Phi) is 7.12. The standard InChI is InChI=1S/C23H22N2O7/c1-3-30-23(28)20-19(24)21(32-25-20)15-9-4-7-14(13-15)8-6-12-31-17-11-5-10-16(26)18(17)22(27)29-2/h4-11,13,26H,3,12,24H2,1-2H3. The molecule has 1 heterocycles. The van der Waals surface area contributed by atoms with Gasteiger partial charge in [0, 0.05) is 5.56 Å². The van der Waals surface area contributed by atoms with Gasteiger partial charge < -0.3 is 29.6 Å². The maximum absolute atomic E-state index is 11.9. The summed E-state index contributed by atoms with van der Waals surface area (Å²) in [5.74, 6) is -1.09. The lowest BCUT2D eigenvalue weighted by Gasteiger charge is -2.09. The maximum atomic E-state index is 11.9. The third kappa shape index (κ3) is 4.89. The van der Waals surface area contributed by atoms with Gasteiger partial charge >= 0.3 is 11.9 Å². The van der Waals surface area contributed by atoms with E-state index >= 15 is 0 Å². The molecular formula is C23H22N2O7. The second-order valence-corrected chi connectivity index (χ2v) is 6.48. The molecule has 0 aliphatic carbocycles. The fourth-order valence-electron chi connectivity index (χ4n) is 2.90. The van der Waals surface area contributed by atoms with E-state index in [0.29, 0.717) is 5.56 Å². The number of nitrogens with zero attached hydrogens (tertiary/aromatic N) is 1. The number of carbonyl (C=O) groups excluding carboxylic acids is 2. The molecule has 0 aliphatic rings. The number of hydrogen-bond acceptors (Lipinski definition) is 9. The minimum atomic E-state index is -0.693. The third-order valence-corrected chi connectivity index (χ3v) is 4.38. The number of esters is 2. The van der Waals surface area contributed by atoms with Crippen LogP contribution in [-0.4, -0.2) is 42.5 Å². The SMILES string of the molecule is CCOC(=O)c1noc(-c2cccc(C=CCOc3cccc(O)c3C(=O)OC)c2)c1N. The molecule has 0 spiro atoms. The Morgan fingerprint density at radius 1 is 1.19 bits per heavy atom. The van der Waals surface area contributed by atoms with E-state index in [1.807, 2.05) is 6.07 Å². The zero-order chi connectivity index (χ0) is 23.1. The molecule has 166 valence electrons. The Hall–Kier alpha value is -4.27. The van der Waals surface area contributed by atoms with Crippen molar-refractivity contribution in [3.8, 4) is 22.8 Å². The summed E-state index contributed by atoms with van der Waals surface area (Å²) in [5, 5.41) is 13.6. The smallest absolute Gasteiger partial charge is 0.362 e. The number of anilines is 1. The summed E-state index contributed by atoms with van der Waals surface area (Å²) in [4.78, 5) is 23.7. The number of aromatic nitrogens is 1. The molecule has 2 aromatic carbocycles. The summed E-state index contributed by atoms with van der Waals surface area (Å²) in [6, 6.07) is 11.7. The summed E-state index contributed by atoms with van der Waals surface area (Å²) in [7, 11) is 1.22.